The summed E-state index contributed by atoms with van der Waals surface area (Å²) >= 11 is 0. The fraction of sp³-hybridized carbons (Fsp3) is 0.734. The topological polar surface area (TPSA) is 111 Å². The number of aliphatic carboxylic acids is 1. The van der Waals surface area contributed by atoms with Crippen LogP contribution in [0.15, 0.2) is 85.1 Å². The van der Waals surface area contributed by atoms with Crippen LogP contribution in [0.2, 0.25) is 0 Å². The van der Waals surface area contributed by atoms with Gasteiger partial charge in [-0.1, -0.05) is 227 Å². The number of carboxylic acid groups (broad SMARTS) is 1. The highest BCUT2D eigenvalue weighted by atomic mass is 16.7. The van der Waals surface area contributed by atoms with Gasteiger partial charge in [-0.2, -0.15) is 0 Å². The lowest BCUT2D eigenvalue weighted by atomic mass is 10.0. The van der Waals surface area contributed by atoms with Crippen LogP contribution in [0.25, 0.3) is 0 Å². The average molecular weight is 1020 g/mol. The number of carbonyl (C=O) groups excluding carboxylic acids is 3. The summed E-state index contributed by atoms with van der Waals surface area (Å²) in [7, 11) is 5.90. The van der Waals surface area contributed by atoms with E-state index in [0.717, 1.165) is 70.6 Å². The third-order valence-corrected chi connectivity index (χ3v) is 12.6. The monoisotopic (exact) mass is 1020 g/mol. The Bertz CT molecular complexity index is 1470. The van der Waals surface area contributed by atoms with Gasteiger partial charge in [-0.25, -0.2) is 0 Å². The Balaban J connectivity index is 4.27. The maximum absolute atomic E-state index is 12.8. The summed E-state index contributed by atoms with van der Waals surface area (Å²) in [5.74, 6) is -2.34. The second kappa shape index (κ2) is 54.7. The zero-order chi connectivity index (χ0) is 53.4. The number of likely N-dealkylation sites (N-methyl/N-ethyl adjacent to an activating group) is 1. The van der Waals surface area contributed by atoms with E-state index >= 15 is 0 Å². The summed E-state index contributed by atoms with van der Waals surface area (Å²) in [5.41, 5.74) is 0. The molecule has 2 atom stereocenters. The molecule has 0 aliphatic carbocycles. The largest absolute Gasteiger partial charge is 0.545 e. The number of carboxylic acids is 1. The molecule has 0 N–H and O–H groups in total. The van der Waals surface area contributed by atoms with Crippen molar-refractivity contribution >= 4 is 17.9 Å². The third-order valence-electron chi connectivity index (χ3n) is 12.6. The van der Waals surface area contributed by atoms with E-state index in [9.17, 15) is 19.5 Å². The van der Waals surface area contributed by atoms with Gasteiger partial charge < -0.3 is 33.3 Å². The van der Waals surface area contributed by atoms with Crippen LogP contribution in [0.5, 0.6) is 0 Å². The molecule has 0 aliphatic rings. The van der Waals surface area contributed by atoms with E-state index in [1.807, 2.05) is 21.1 Å². The zero-order valence-electron chi connectivity index (χ0n) is 47.7. The molecule has 2 unspecified atom stereocenters. The number of esters is 2. The van der Waals surface area contributed by atoms with Crippen molar-refractivity contribution in [3.63, 3.8) is 0 Å². The molecule has 0 aromatic carbocycles. The van der Waals surface area contributed by atoms with Gasteiger partial charge in [0.1, 0.15) is 13.2 Å². The molecule has 0 heterocycles. The van der Waals surface area contributed by atoms with Crippen LogP contribution in [0.1, 0.15) is 245 Å². The molecular weight excluding hydrogens is 911 g/mol. The van der Waals surface area contributed by atoms with Gasteiger partial charge in [0.05, 0.1) is 40.3 Å². The first-order valence-corrected chi connectivity index (χ1v) is 29.7. The van der Waals surface area contributed by atoms with Crippen LogP contribution in [0.3, 0.4) is 0 Å². The molecule has 0 radical (unpaired) electrons. The zero-order valence-corrected chi connectivity index (χ0v) is 47.7. The number of hydrogen-bond acceptors (Lipinski definition) is 8. The number of hydrogen-bond donors (Lipinski definition) is 0. The van der Waals surface area contributed by atoms with Gasteiger partial charge in [-0.15, -0.1) is 0 Å². The van der Waals surface area contributed by atoms with Crippen molar-refractivity contribution in [2.24, 2.45) is 0 Å². The molecule has 0 amide bonds. The molecule has 0 fully saturated rings. The third kappa shape index (κ3) is 56.0. The Hall–Kier alpha value is -3.53. The van der Waals surface area contributed by atoms with Crippen molar-refractivity contribution in [1.29, 1.82) is 0 Å². The molecule has 9 nitrogen and oxygen atoms in total. The molecule has 0 spiro atoms. The second-order valence-electron chi connectivity index (χ2n) is 20.9. The molecule has 0 saturated carbocycles. The summed E-state index contributed by atoms with van der Waals surface area (Å²) in [6.07, 6.45) is 69.3. The predicted octanol–water partition coefficient (Wildman–Crippen LogP) is 16.2. The smallest absolute Gasteiger partial charge is 0.306 e. The minimum atomic E-state index is -1.64. The summed E-state index contributed by atoms with van der Waals surface area (Å²) in [4.78, 5) is 37.3. The first-order chi connectivity index (χ1) is 35.6. The highest BCUT2D eigenvalue weighted by Crippen LogP contribution is 2.16. The number of ether oxygens (including phenoxy) is 4. The van der Waals surface area contributed by atoms with Crippen LogP contribution < -0.4 is 5.11 Å². The van der Waals surface area contributed by atoms with Gasteiger partial charge in [0.2, 0.25) is 0 Å². The molecule has 420 valence electrons. The lowest BCUT2D eigenvalue weighted by molar-refractivity contribution is -0.870. The minimum absolute atomic E-state index is 0.136. The first kappa shape index (κ1) is 69.5. The molecule has 0 bridgehead atoms. The van der Waals surface area contributed by atoms with E-state index < -0.39 is 24.3 Å². The lowest BCUT2D eigenvalue weighted by Gasteiger charge is -2.26. The second-order valence-corrected chi connectivity index (χ2v) is 20.9. The van der Waals surface area contributed by atoms with Crippen molar-refractivity contribution in [1.82, 2.24) is 0 Å². The van der Waals surface area contributed by atoms with Gasteiger partial charge in [0.25, 0.3) is 0 Å². The van der Waals surface area contributed by atoms with Crippen molar-refractivity contribution in [3.8, 4) is 0 Å². The van der Waals surface area contributed by atoms with Crippen LogP contribution in [-0.4, -0.2) is 82.3 Å². The predicted molar refractivity (Wildman–Crippen MR) is 306 cm³/mol. The summed E-state index contributed by atoms with van der Waals surface area (Å²) < 4.78 is 22.7. The van der Waals surface area contributed by atoms with E-state index in [-0.39, 0.29) is 38.6 Å². The van der Waals surface area contributed by atoms with E-state index in [0.29, 0.717) is 17.4 Å². The number of quaternary nitrogens is 1. The Kier molecular flexibility index (Phi) is 52.1. The van der Waals surface area contributed by atoms with Crippen LogP contribution in [-0.2, 0) is 33.3 Å². The van der Waals surface area contributed by atoms with Gasteiger partial charge in [-0.3, -0.25) is 9.59 Å². The Morgan fingerprint density at radius 2 is 0.781 bits per heavy atom. The summed E-state index contributed by atoms with van der Waals surface area (Å²) in [6.45, 7) is 4.59. The Morgan fingerprint density at radius 1 is 0.425 bits per heavy atom. The maximum atomic E-state index is 12.8. The SMILES string of the molecule is CC/C=C\C/C=C\C/C=C\C/C=C\C/C=C\C/C=C\CCCCC(=O)OC(COC(=O)CCCCCCCCCCCCCCCCC/C=C\CCCCCCCCCC)COC(OCC[N+](C)(C)C)C(=O)[O-]. The number of rotatable bonds is 54. The number of unbranched alkanes of at least 4 members (excludes halogenated alkanes) is 25. The molecule has 0 aromatic rings. The first-order valence-electron chi connectivity index (χ1n) is 29.7. The molecule has 0 aromatic heterocycles. The van der Waals surface area contributed by atoms with Gasteiger partial charge >= 0.3 is 11.9 Å². The van der Waals surface area contributed by atoms with Gasteiger partial charge in [-0.05, 0) is 89.9 Å². The highest BCUT2D eigenvalue weighted by molar-refractivity contribution is 5.70. The number of allylic oxidation sites excluding steroid dienone is 14. The normalized spacial score (nSPS) is 13.4. The molecule has 0 saturated heterocycles. The molecule has 9 heteroatoms. The van der Waals surface area contributed by atoms with Gasteiger partial charge in [0.15, 0.2) is 12.4 Å². The highest BCUT2D eigenvalue weighted by Gasteiger charge is 2.22. The quantitative estimate of drug-likeness (QED) is 0.0195. The molecule has 73 heavy (non-hydrogen) atoms. The summed E-state index contributed by atoms with van der Waals surface area (Å²) in [5, 5.41) is 11.8. The van der Waals surface area contributed by atoms with Crippen molar-refractivity contribution < 1.29 is 42.9 Å². The van der Waals surface area contributed by atoms with Crippen LogP contribution in [0, 0.1) is 0 Å². The van der Waals surface area contributed by atoms with Crippen LogP contribution >= 0.6 is 0 Å². The van der Waals surface area contributed by atoms with Crippen molar-refractivity contribution in [2.75, 3.05) is 47.5 Å². The Morgan fingerprint density at radius 3 is 1.21 bits per heavy atom. The van der Waals surface area contributed by atoms with E-state index in [2.05, 4.69) is 98.9 Å². The van der Waals surface area contributed by atoms with E-state index in [1.165, 1.54) is 141 Å². The van der Waals surface area contributed by atoms with E-state index in [1.54, 1.807) is 0 Å². The lowest BCUT2D eigenvalue weighted by Crippen LogP contribution is -2.44. The molecule has 0 rings (SSSR count). The fourth-order valence-electron chi connectivity index (χ4n) is 8.06. The van der Waals surface area contributed by atoms with Crippen molar-refractivity contribution in [2.45, 2.75) is 257 Å². The fourth-order valence-corrected chi connectivity index (χ4v) is 8.06. The average Bonchev–Trinajstić information content (AvgIpc) is 3.36. The van der Waals surface area contributed by atoms with Gasteiger partial charge in [0, 0.05) is 12.8 Å². The Labute approximate surface area is 449 Å². The molecular formula is C64H111NO8. The van der Waals surface area contributed by atoms with Crippen LogP contribution in [0.4, 0.5) is 0 Å². The molecule has 0 aliphatic heterocycles. The minimum Gasteiger partial charge on any atom is -0.545 e. The maximum Gasteiger partial charge on any atom is 0.306 e. The van der Waals surface area contributed by atoms with Crippen molar-refractivity contribution in [3.05, 3.63) is 85.1 Å². The number of carbonyl (C=O) groups is 3. The standard InChI is InChI=1S/C64H111NO8/c1-6-8-10-12-14-16-18-20-22-24-26-28-29-30-31-32-33-35-36-38-40-42-44-46-48-50-52-54-61(66)71-58-60(59-72-64(63(68)69)70-57-56-65(3,4)5)73-62(67)55-53-51-49-47-45-43-41-39-37-34-27-25-23-21-19-17-15-13-11-9-7-2/h9,11,15,17,21,23-24,26-27,34,39,41,45,47,60,64H,6-8,10,12-14,16,18-20,22,25,28-33,35-38,40,42-44,46,48-59H2,1-5H3/b11-9-,17-15-,23-21-,26-24-,34-27-,41-39-,47-45-. The van der Waals surface area contributed by atoms with E-state index in [4.69, 9.17) is 18.9 Å². The number of nitrogens with zero attached hydrogens (tertiary/aromatic N) is 1. The summed E-state index contributed by atoms with van der Waals surface area (Å²) in [6, 6.07) is 0.